The second-order valence-corrected chi connectivity index (χ2v) is 6.71. The molecule has 1 aliphatic carbocycles. The van der Waals surface area contributed by atoms with Crippen LogP contribution in [0.25, 0.3) is 5.69 Å². The number of H-pyrrole nitrogens is 1. The molecule has 4 N–H and O–H groups in total. The van der Waals surface area contributed by atoms with E-state index in [0.29, 0.717) is 11.4 Å². The van der Waals surface area contributed by atoms with Gasteiger partial charge >= 0.3 is 0 Å². The fourth-order valence-electron chi connectivity index (χ4n) is 3.14. The molecular weight excluding hydrogens is 352 g/mol. The number of aromatic nitrogens is 2. The molecule has 3 rings (SSSR count). The highest BCUT2D eigenvalue weighted by Crippen LogP contribution is 2.23. The Balaban J connectivity index is 2.04. The maximum Gasteiger partial charge on any atom is 0.264 e. The van der Waals surface area contributed by atoms with Crippen LogP contribution in [-0.4, -0.2) is 40.1 Å². The van der Waals surface area contributed by atoms with E-state index in [4.69, 9.17) is 22.7 Å². The van der Waals surface area contributed by atoms with E-state index in [1.165, 1.54) is 10.8 Å². The molecular formula is C18H22N4O3S. The summed E-state index contributed by atoms with van der Waals surface area (Å²) in [6, 6.07) is 6.96. The molecule has 138 valence electrons. The number of nitrogens with one attached hydrogen (secondary N) is 1. The monoisotopic (exact) mass is 374 g/mol. The van der Waals surface area contributed by atoms with Crippen LogP contribution in [0.4, 0.5) is 0 Å². The van der Waals surface area contributed by atoms with E-state index < -0.39 is 5.56 Å². The van der Waals surface area contributed by atoms with E-state index in [-0.39, 0.29) is 28.3 Å². The molecule has 1 heterocycles. The van der Waals surface area contributed by atoms with Crippen LogP contribution < -0.4 is 16.0 Å². The molecule has 0 amide bonds. The molecule has 8 heteroatoms. The normalized spacial score (nSPS) is 20.4. The molecule has 0 radical (unpaired) electrons. The van der Waals surface area contributed by atoms with Gasteiger partial charge in [0.25, 0.3) is 5.56 Å². The van der Waals surface area contributed by atoms with Crippen LogP contribution in [0, 0.1) is 4.77 Å². The van der Waals surface area contributed by atoms with Crippen LogP contribution in [0.5, 0.6) is 11.6 Å². The average Bonchev–Trinajstić information content (AvgIpc) is 2.63. The SMILES string of the molecule is COc1cccc(-n2c(O)c(C=N[C@@H]3CCCC[C@H]3N)c(=O)[nH]c2=S)c1. The summed E-state index contributed by atoms with van der Waals surface area (Å²) in [6.07, 6.45) is 5.35. The first kappa shape index (κ1) is 18.3. The molecule has 1 aliphatic rings. The first-order valence-electron chi connectivity index (χ1n) is 8.52. The summed E-state index contributed by atoms with van der Waals surface area (Å²) >= 11 is 5.22. The largest absolute Gasteiger partial charge is 0.497 e. The number of aromatic amines is 1. The van der Waals surface area contributed by atoms with E-state index >= 15 is 0 Å². The lowest BCUT2D eigenvalue weighted by molar-refractivity contribution is 0.387. The van der Waals surface area contributed by atoms with Crippen molar-refractivity contribution in [2.75, 3.05) is 7.11 Å². The van der Waals surface area contributed by atoms with Gasteiger partial charge in [-0.3, -0.25) is 19.3 Å². The predicted octanol–water partition coefficient (Wildman–Crippen LogP) is 2.30. The summed E-state index contributed by atoms with van der Waals surface area (Å²) in [4.78, 5) is 19.3. The molecule has 1 aromatic heterocycles. The molecule has 1 fully saturated rings. The van der Waals surface area contributed by atoms with Crippen molar-refractivity contribution < 1.29 is 9.84 Å². The van der Waals surface area contributed by atoms with Gasteiger partial charge in [0, 0.05) is 18.3 Å². The van der Waals surface area contributed by atoms with Crippen LogP contribution in [-0.2, 0) is 0 Å². The maximum absolute atomic E-state index is 12.3. The number of aliphatic imine (C=N–C) groups is 1. The highest BCUT2D eigenvalue weighted by molar-refractivity contribution is 7.71. The lowest BCUT2D eigenvalue weighted by Gasteiger charge is -2.25. The van der Waals surface area contributed by atoms with Gasteiger partial charge in [0.2, 0.25) is 5.88 Å². The zero-order chi connectivity index (χ0) is 18.7. The van der Waals surface area contributed by atoms with Gasteiger partial charge in [-0.2, -0.15) is 0 Å². The number of nitrogens with zero attached hydrogens (tertiary/aromatic N) is 2. The summed E-state index contributed by atoms with van der Waals surface area (Å²) in [7, 11) is 1.55. The van der Waals surface area contributed by atoms with Gasteiger partial charge in [-0.25, -0.2) is 0 Å². The summed E-state index contributed by atoms with van der Waals surface area (Å²) in [5.41, 5.74) is 6.24. The number of aromatic hydroxyl groups is 1. The van der Waals surface area contributed by atoms with Gasteiger partial charge in [0.05, 0.1) is 18.8 Å². The van der Waals surface area contributed by atoms with Gasteiger partial charge in [-0.1, -0.05) is 18.9 Å². The number of ether oxygens (including phenoxy) is 1. The Kier molecular flexibility index (Phi) is 5.53. The molecule has 0 bridgehead atoms. The van der Waals surface area contributed by atoms with Crippen molar-refractivity contribution in [1.29, 1.82) is 0 Å². The van der Waals surface area contributed by atoms with Crippen molar-refractivity contribution in [2.45, 2.75) is 37.8 Å². The lowest BCUT2D eigenvalue weighted by Crippen LogP contribution is -2.36. The van der Waals surface area contributed by atoms with Crippen molar-refractivity contribution in [1.82, 2.24) is 9.55 Å². The van der Waals surface area contributed by atoms with Crippen LogP contribution in [0.3, 0.4) is 0 Å². The number of hydrogen-bond acceptors (Lipinski definition) is 6. The molecule has 0 aliphatic heterocycles. The highest BCUT2D eigenvalue weighted by Gasteiger charge is 2.21. The smallest absolute Gasteiger partial charge is 0.264 e. The summed E-state index contributed by atoms with van der Waals surface area (Å²) in [5, 5.41) is 10.7. The predicted molar refractivity (Wildman–Crippen MR) is 103 cm³/mol. The maximum atomic E-state index is 12.3. The van der Waals surface area contributed by atoms with Crippen molar-refractivity contribution in [3.05, 3.63) is 45.0 Å². The van der Waals surface area contributed by atoms with Crippen LogP contribution >= 0.6 is 12.2 Å². The average molecular weight is 374 g/mol. The van der Waals surface area contributed by atoms with Gasteiger partial charge in [-0.05, 0) is 37.2 Å². The number of nitrogens with two attached hydrogens (primary N) is 1. The Morgan fingerprint density at radius 2 is 2.19 bits per heavy atom. The Hall–Kier alpha value is -2.45. The third-order valence-electron chi connectivity index (χ3n) is 4.61. The zero-order valence-corrected chi connectivity index (χ0v) is 15.3. The first-order chi connectivity index (χ1) is 12.5. The molecule has 0 unspecified atom stereocenters. The molecule has 0 saturated heterocycles. The number of benzene rings is 1. The molecule has 7 nitrogen and oxygen atoms in total. The first-order valence-corrected chi connectivity index (χ1v) is 8.93. The molecule has 2 aromatic rings. The minimum atomic E-state index is -0.486. The van der Waals surface area contributed by atoms with Crippen molar-refractivity contribution in [2.24, 2.45) is 10.7 Å². The van der Waals surface area contributed by atoms with Crippen LogP contribution in [0.2, 0.25) is 0 Å². The molecule has 2 atom stereocenters. The summed E-state index contributed by atoms with van der Waals surface area (Å²) in [6.45, 7) is 0. The van der Waals surface area contributed by atoms with Crippen LogP contribution in [0.1, 0.15) is 31.2 Å². The summed E-state index contributed by atoms with van der Waals surface area (Å²) in [5.74, 6) is 0.346. The van der Waals surface area contributed by atoms with Gasteiger partial charge < -0.3 is 15.6 Å². The van der Waals surface area contributed by atoms with E-state index in [2.05, 4.69) is 9.98 Å². The van der Waals surface area contributed by atoms with E-state index in [1.807, 2.05) is 0 Å². The van der Waals surface area contributed by atoms with E-state index in [1.54, 1.807) is 31.4 Å². The fraction of sp³-hybridized carbons (Fsp3) is 0.389. The topological polar surface area (TPSA) is 106 Å². The highest BCUT2D eigenvalue weighted by atomic mass is 32.1. The fourth-order valence-corrected chi connectivity index (χ4v) is 3.42. The minimum absolute atomic E-state index is 0.0232. The van der Waals surface area contributed by atoms with Crippen molar-refractivity contribution >= 4 is 18.4 Å². The quantitative estimate of drug-likeness (QED) is 0.562. The zero-order valence-electron chi connectivity index (χ0n) is 14.5. The molecule has 1 saturated carbocycles. The lowest BCUT2D eigenvalue weighted by atomic mass is 9.91. The third kappa shape index (κ3) is 3.71. The Morgan fingerprint density at radius 3 is 2.92 bits per heavy atom. The Bertz CT molecular complexity index is 935. The number of hydrogen-bond donors (Lipinski definition) is 3. The van der Waals surface area contributed by atoms with E-state index in [0.717, 1.165) is 25.7 Å². The minimum Gasteiger partial charge on any atom is -0.497 e. The molecule has 0 spiro atoms. The number of rotatable bonds is 4. The van der Waals surface area contributed by atoms with Gasteiger partial charge in [0.1, 0.15) is 11.3 Å². The van der Waals surface area contributed by atoms with Crippen molar-refractivity contribution in [3.63, 3.8) is 0 Å². The van der Waals surface area contributed by atoms with Crippen molar-refractivity contribution in [3.8, 4) is 17.3 Å². The Morgan fingerprint density at radius 1 is 1.42 bits per heavy atom. The second kappa shape index (κ2) is 7.84. The Labute approximate surface area is 156 Å². The molecule has 26 heavy (non-hydrogen) atoms. The second-order valence-electron chi connectivity index (χ2n) is 6.33. The number of methoxy groups -OCH3 is 1. The van der Waals surface area contributed by atoms with E-state index in [9.17, 15) is 9.90 Å². The standard InChI is InChI=1S/C18H22N4O3S/c1-25-12-6-4-5-11(9-12)22-17(24)13(16(23)21-18(22)26)10-20-15-8-3-2-7-14(15)19/h4-6,9-10,14-15,24H,2-3,7-8,19H2,1H3,(H,21,23,26)/t14-,15-/m1/s1. The van der Waals surface area contributed by atoms with Gasteiger partial charge in [-0.15, -0.1) is 0 Å². The van der Waals surface area contributed by atoms with Crippen LogP contribution in [0.15, 0.2) is 34.1 Å². The third-order valence-corrected chi connectivity index (χ3v) is 4.89. The van der Waals surface area contributed by atoms with Gasteiger partial charge in [0.15, 0.2) is 4.77 Å². The summed E-state index contributed by atoms with van der Waals surface area (Å²) < 4.78 is 6.67. The molecule has 1 aromatic carbocycles.